The number of amides is 1. The van der Waals surface area contributed by atoms with Crippen molar-refractivity contribution in [3.63, 3.8) is 0 Å². The van der Waals surface area contributed by atoms with Crippen LogP contribution in [0.3, 0.4) is 0 Å². The lowest BCUT2D eigenvalue weighted by Gasteiger charge is -2.32. The van der Waals surface area contributed by atoms with E-state index >= 15 is 0 Å². The minimum atomic E-state index is -4.98. The van der Waals surface area contributed by atoms with Crippen molar-refractivity contribution in [3.8, 4) is 0 Å². The van der Waals surface area contributed by atoms with Gasteiger partial charge in [0.15, 0.2) is 0 Å². The Balaban J connectivity index is 2.42. The number of alkyl halides is 3. The van der Waals surface area contributed by atoms with E-state index in [0.29, 0.717) is 0 Å². The molecule has 4 nitrogen and oxygen atoms in total. The molecule has 0 aliphatic carbocycles. The number of aliphatic hydroxyl groups is 1. The second-order valence-corrected chi connectivity index (χ2v) is 4.81. The molecule has 0 bridgehead atoms. The van der Waals surface area contributed by atoms with Gasteiger partial charge >= 0.3 is 6.18 Å². The van der Waals surface area contributed by atoms with Crippen LogP contribution in [0.2, 0.25) is 0 Å². The summed E-state index contributed by atoms with van der Waals surface area (Å²) in [7, 11) is 0. The summed E-state index contributed by atoms with van der Waals surface area (Å²) < 4.78 is 39.0. The van der Waals surface area contributed by atoms with Crippen molar-refractivity contribution < 1.29 is 23.1 Å². The van der Waals surface area contributed by atoms with E-state index in [-0.39, 0.29) is 16.3 Å². The number of carbonyl (C=O) groups excluding carboxylic acids is 1. The molecule has 0 unspecified atom stereocenters. The molecular formula is C13H13F3N2O2. The van der Waals surface area contributed by atoms with E-state index in [9.17, 15) is 23.1 Å². The normalized spacial score (nSPS) is 22.9. The summed E-state index contributed by atoms with van der Waals surface area (Å²) >= 11 is 0. The first-order valence-corrected chi connectivity index (χ1v) is 5.89. The SMILES string of the molecule is CC1=NN(C(=O)c2cccc(C)c2)[C@@](O)(C(F)(F)F)C1. The number of rotatable bonds is 1. The molecule has 2 rings (SSSR count). The number of hydrazone groups is 1. The molecule has 0 saturated carbocycles. The van der Waals surface area contributed by atoms with Crippen LogP contribution in [0.1, 0.15) is 29.3 Å². The molecule has 20 heavy (non-hydrogen) atoms. The van der Waals surface area contributed by atoms with E-state index in [1.807, 2.05) is 0 Å². The van der Waals surface area contributed by atoms with Gasteiger partial charge in [-0.05, 0) is 26.0 Å². The first-order valence-electron chi connectivity index (χ1n) is 5.89. The Morgan fingerprint density at radius 1 is 1.40 bits per heavy atom. The number of halogens is 3. The highest BCUT2D eigenvalue weighted by Crippen LogP contribution is 2.40. The lowest BCUT2D eigenvalue weighted by Crippen LogP contribution is -2.56. The number of nitrogens with zero attached hydrogens (tertiary/aromatic N) is 2. The highest BCUT2D eigenvalue weighted by atomic mass is 19.4. The van der Waals surface area contributed by atoms with Crippen molar-refractivity contribution in [2.45, 2.75) is 32.2 Å². The largest absolute Gasteiger partial charge is 0.438 e. The number of hydrogen-bond donors (Lipinski definition) is 1. The number of aryl methyl sites for hydroxylation is 1. The van der Waals surface area contributed by atoms with Gasteiger partial charge in [-0.3, -0.25) is 4.79 Å². The summed E-state index contributed by atoms with van der Waals surface area (Å²) in [4.78, 5) is 12.2. The van der Waals surface area contributed by atoms with Crippen LogP contribution < -0.4 is 0 Å². The Bertz CT molecular complexity index is 583. The molecule has 0 spiro atoms. The molecule has 1 aliphatic heterocycles. The molecular weight excluding hydrogens is 273 g/mol. The van der Waals surface area contributed by atoms with Gasteiger partial charge < -0.3 is 5.11 Å². The van der Waals surface area contributed by atoms with Crippen molar-refractivity contribution in [3.05, 3.63) is 35.4 Å². The topological polar surface area (TPSA) is 52.9 Å². The van der Waals surface area contributed by atoms with E-state index in [2.05, 4.69) is 5.10 Å². The fourth-order valence-corrected chi connectivity index (χ4v) is 2.05. The zero-order chi connectivity index (χ0) is 15.1. The van der Waals surface area contributed by atoms with Crippen molar-refractivity contribution in [2.75, 3.05) is 0 Å². The summed E-state index contributed by atoms with van der Waals surface area (Å²) in [6.07, 6.45) is -5.72. The fourth-order valence-electron chi connectivity index (χ4n) is 2.05. The van der Waals surface area contributed by atoms with E-state index in [1.165, 1.54) is 19.1 Å². The lowest BCUT2D eigenvalue weighted by atomic mass is 10.1. The smallest absolute Gasteiger partial charge is 0.362 e. The lowest BCUT2D eigenvalue weighted by molar-refractivity contribution is -0.297. The van der Waals surface area contributed by atoms with Crippen molar-refractivity contribution in [2.24, 2.45) is 5.10 Å². The second kappa shape index (κ2) is 4.59. The Kier molecular flexibility index (Phi) is 3.33. The van der Waals surface area contributed by atoms with Gasteiger partial charge in [-0.25, -0.2) is 0 Å². The highest BCUT2D eigenvalue weighted by molar-refractivity contribution is 5.98. The Morgan fingerprint density at radius 2 is 2.05 bits per heavy atom. The van der Waals surface area contributed by atoms with E-state index < -0.39 is 24.2 Å². The summed E-state index contributed by atoms with van der Waals surface area (Å²) in [5.41, 5.74) is -2.46. The molecule has 0 saturated heterocycles. The van der Waals surface area contributed by atoms with Crippen LogP contribution in [0, 0.1) is 6.92 Å². The van der Waals surface area contributed by atoms with Gasteiger partial charge in [-0.1, -0.05) is 17.7 Å². The Labute approximate surface area is 113 Å². The second-order valence-electron chi connectivity index (χ2n) is 4.81. The van der Waals surface area contributed by atoms with Crippen LogP contribution in [0.15, 0.2) is 29.4 Å². The quantitative estimate of drug-likeness (QED) is 0.862. The van der Waals surface area contributed by atoms with Crippen LogP contribution >= 0.6 is 0 Å². The summed E-state index contributed by atoms with van der Waals surface area (Å²) in [6, 6.07) is 6.10. The maximum atomic E-state index is 13.0. The first kappa shape index (κ1) is 14.5. The monoisotopic (exact) mass is 286 g/mol. The molecule has 1 aliphatic rings. The van der Waals surface area contributed by atoms with Crippen LogP contribution in [0.5, 0.6) is 0 Å². The number of hydrogen-bond acceptors (Lipinski definition) is 3. The van der Waals surface area contributed by atoms with Gasteiger partial charge in [0.25, 0.3) is 11.6 Å². The average Bonchev–Trinajstić information content (AvgIpc) is 2.64. The minimum absolute atomic E-state index is 0.0471. The van der Waals surface area contributed by atoms with E-state index in [0.717, 1.165) is 5.56 Å². The zero-order valence-corrected chi connectivity index (χ0v) is 10.9. The average molecular weight is 286 g/mol. The highest BCUT2D eigenvalue weighted by Gasteiger charge is 2.62. The Morgan fingerprint density at radius 3 is 2.60 bits per heavy atom. The number of carbonyl (C=O) groups is 1. The van der Waals surface area contributed by atoms with Crippen LogP contribution in [-0.4, -0.2) is 33.6 Å². The van der Waals surface area contributed by atoms with Gasteiger partial charge in [-0.15, -0.1) is 0 Å². The third kappa shape index (κ3) is 2.29. The van der Waals surface area contributed by atoms with Gasteiger partial charge in [0.2, 0.25) is 0 Å². The van der Waals surface area contributed by atoms with Crippen molar-refractivity contribution in [1.29, 1.82) is 0 Å². The molecule has 7 heteroatoms. The van der Waals surface area contributed by atoms with E-state index in [4.69, 9.17) is 0 Å². The standard InChI is InChI=1S/C13H13F3N2O2/c1-8-4-3-5-10(6-8)11(19)18-12(20,13(14,15)16)7-9(2)17-18/h3-6,20H,7H2,1-2H3/t12-/m0/s1. The predicted octanol–water partition coefficient (Wildman–Crippen LogP) is 2.47. The van der Waals surface area contributed by atoms with Gasteiger partial charge in [0.1, 0.15) is 0 Å². The Hall–Kier alpha value is -1.89. The maximum Gasteiger partial charge on any atom is 0.438 e. The predicted molar refractivity (Wildman–Crippen MR) is 66.1 cm³/mol. The molecule has 1 heterocycles. The van der Waals surface area contributed by atoms with Crippen molar-refractivity contribution >= 4 is 11.6 Å². The van der Waals surface area contributed by atoms with Gasteiger partial charge in [0, 0.05) is 17.7 Å². The van der Waals surface area contributed by atoms with Crippen LogP contribution in [0.4, 0.5) is 13.2 Å². The molecule has 108 valence electrons. The fraction of sp³-hybridized carbons (Fsp3) is 0.385. The zero-order valence-electron chi connectivity index (χ0n) is 10.9. The summed E-state index contributed by atoms with van der Waals surface area (Å²) in [6.45, 7) is 3.05. The molecule has 0 fully saturated rings. The minimum Gasteiger partial charge on any atom is -0.362 e. The third-order valence-electron chi connectivity index (χ3n) is 3.03. The van der Waals surface area contributed by atoms with Crippen LogP contribution in [0.25, 0.3) is 0 Å². The van der Waals surface area contributed by atoms with Crippen LogP contribution in [-0.2, 0) is 0 Å². The molecule has 1 aromatic carbocycles. The molecule has 1 amide bonds. The molecule has 1 aromatic rings. The molecule has 1 atom stereocenters. The maximum absolute atomic E-state index is 13.0. The van der Waals surface area contributed by atoms with E-state index in [1.54, 1.807) is 19.1 Å². The van der Waals surface area contributed by atoms with Gasteiger partial charge in [0.05, 0.1) is 0 Å². The molecule has 0 aromatic heterocycles. The molecule has 1 N–H and O–H groups in total. The van der Waals surface area contributed by atoms with Gasteiger partial charge in [-0.2, -0.15) is 23.3 Å². The number of benzene rings is 1. The molecule has 0 radical (unpaired) electrons. The van der Waals surface area contributed by atoms with Crippen molar-refractivity contribution in [1.82, 2.24) is 5.01 Å². The first-order chi connectivity index (χ1) is 9.15. The third-order valence-corrected chi connectivity index (χ3v) is 3.03. The summed E-state index contributed by atoms with van der Waals surface area (Å²) in [5.74, 6) is -0.981. The summed E-state index contributed by atoms with van der Waals surface area (Å²) in [5, 5.41) is 13.5.